The number of para-hydroxylation sites is 1. The van der Waals surface area contributed by atoms with Gasteiger partial charge in [0.15, 0.2) is 0 Å². The number of nitrogens with one attached hydrogen (secondary N) is 1. The fourth-order valence-electron chi connectivity index (χ4n) is 3.64. The summed E-state index contributed by atoms with van der Waals surface area (Å²) in [5, 5.41) is 6.42. The average Bonchev–Trinajstić information content (AvgIpc) is 2.85. The van der Waals surface area contributed by atoms with E-state index in [2.05, 4.69) is 90.2 Å². The van der Waals surface area contributed by atoms with E-state index in [0.29, 0.717) is 0 Å². The van der Waals surface area contributed by atoms with Crippen LogP contribution in [0.3, 0.4) is 0 Å². The van der Waals surface area contributed by atoms with Gasteiger partial charge in [-0.2, -0.15) is 0 Å². The molecule has 31 heavy (non-hydrogen) atoms. The molecule has 0 aliphatic rings. The molecule has 0 radical (unpaired) electrons. The number of anilines is 1. The Balaban J connectivity index is 1.85. The first-order valence-corrected chi connectivity index (χ1v) is 11.6. The lowest BCUT2D eigenvalue weighted by atomic mass is 10.2. The van der Waals surface area contributed by atoms with Gasteiger partial charge >= 0.3 is 0 Å². The maximum Gasteiger partial charge on any atom is 0.124 e. The highest BCUT2D eigenvalue weighted by atomic mass is 31.1. The van der Waals surface area contributed by atoms with Crippen LogP contribution in [0.1, 0.15) is 11.3 Å². The van der Waals surface area contributed by atoms with E-state index in [1.165, 1.54) is 10.6 Å². The van der Waals surface area contributed by atoms with Gasteiger partial charge < -0.3 is 14.8 Å². The summed E-state index contributed by atoms with van der Waals surface area (Å²) in [7, 11) is 2.65. The van der Waals surface area contributed by atoms with Gasteiger partial charge in [0.25, 0.3) is 0 Å². The fraction of sp³-hybridized carbons (Fsp3) is 0.111. The Hall–Kier alpha value is -3.29. The van der Waals surface area contributed by atoms with Crippen molar-refractivity contribution in [3.05, 3.63) is 115 Å². The molecular formula is C27H26NO2P. The third-order valence-corrected chi connectivity index (χ3v) is 7.79. The number of benzene rings is 4. The predicted octanol–water partition coefficient (Wildman–Crippen LogP) is 5.95. The Kier molecular flexibility index (Phi) is 6.86. The smallest absolute Gasteiger partial charge is 0.124 e. The van der Waals surface area contributed by atoms with Crippen molar-refractivity contribution in [2.75, 3.05) is 19.5 Å². The van der Waals surface area contributed by atoms with Gasteiger partial charge in [0.05, 0.1) is 20.0 Å². The summed E-state index contributed by atoms with van der Waals surface area (Å²) in [6.45, 7) is 0. The van der Waals surface area contributed by atoms with E-state index >= 15 is 0 Å². The molecule has 0 unspecified atom stereocenters. The summed E-state index contributed by atoms with van der Waals surface area (Å²) in [6.07, 6.45) is 0. The zero-order chi connectivity index (χ0) is 21.5. The van der Waals surface area contributed by atoms with E-state index in [-0.39, 0.29) is 5.78 Å². The van der Waals surface area contributed by atoms with Crippen molar-refractivity contribution in [3.63, 3.8) is 0 Å². The molecule has 0 heterocycles. The molecule has 0 bridgehead atoms. The number of ether oxygens (including phenoxy) is 2. The first-order valence-electron chi connectivity index (χ1n) is 10.2. The summed E-state index contributed by atoms with van der Waals surface area (Å²) >= 11 is 0. The highest BCUT2D eigenvalue weighted by Gasteiger charge is 2.28. The average molecular weight is 427 g/mol. The third-order valence-electron chi connectivity index (χ3n) is 5.15. The van der Waals surface area contributed by atoms with Crippen LogP contribution in [0.25, 0.3) is 0 Å². The molecule has 4 aromatic rings. The van der Waals surface area contributed by atoms with Crippen molar-refractivity contribution in [1.29, 1.82) is 0 Å². The summed E-state index contributed by atoms with van der Waals surface area (Å²) < 4.78 is 11.1. The Bertz CT molecular complexity index is 1050. The number of rotatable bonds is 8. The molecule has 0 fully saturated rings. The zero-order valence-corrected chi connectivity index (χ0v) is 18.6. The lowest BCUT2D eigenvalue weighted by Crippen LogP contribution is -2.22. The molecule has 0 saturated carbocycles. The lowest BCUT2D eigenvalue weighted by Gasteiger charge is -2.31. The molecule has 1 atom stereocenters. The van der Waals surface area contributed by atoms with Gasteiger partial charge in [-0.05, 0) is 48.9 Å². The lowest BCUT2D eigenvalue weighted by molar-refractivity contribution is 0.410. The minimum absolute atomic E-state index is 0.0179. The molecule has 156 valence electrons. The van der Waals surface area contributed by atoms with Crippen molar-refractivity contribution < 1.29 is 9.47 Å². The van der Waals surface area contributed by atoms with Crippen molar-refractivity contribution in [2.24, 2.45) is 0 Å². The molecule has 4 heteroatoms. The maximum atomic E-state index is 5.77. The molecule has 0 aliphatic carbocycles. The van der Waals surface area contributed by atoms with Gasteiger partial charge in [-0.3, -0.25) is 0 Å². The zero-order valence-electron chi connectivity index (χ0n) is 17.7. The van der Waals surface area contributed by atoms with Crippen molar-refractivity contribution in [2.45, 2.75) is 5.78 Å². The van der Waals surface area contributed by atoms with Gasteiger partial charge in [0.1, 0.15) is 11.5 Å². The quantitative estimate of drug-likeness (QED) is 0.353. The first kappa shape index (κ1) is 21.0. The van der Waals surface area contributed by atoms with E-state index in [1.54, 1.807) is 14.2 Å². The van der Waals surface area contributed by atoms with E-state index in [0.717, 1.165) is 22.7 Å². The Labute approximate surface area is 185 Å². The van der Waals surface area contributed by atoms with Crippen LogP contribution < -0.4 is 25.4 Å². The predicted molar refractivity (Wildman–Crippen MR) is 131 cm³/mol. The highest BCUT2D eigenvalue weighted by molar-refractivity contribution is 7.73. The topological polar surface area (TPSA) is 30.5 Å². The van der Waals surface area contributed by atoms with Gasteiger partial charge in [0.2, 0.25) is 0 Å². The van der Waals surface area contributed by atoms with Gasteiger partial charge in [-0.15, -0.1) is 0 Å². The summed E-state index contributed by atoms with van der Waals surface area (Å²) in [5.41, 5.74) is 2.18. The summed E-state index contributed by atoms with van der Waals surface area (Å²) in [5.74, 6) is 1.74. The van der Waals surface area contributed by atoms with Crippen LogP contribution >= 0.6 is 7.92 Å². The number of hydrogen-bond acceptors (Lipinski definition) is 3. The van der Waals surface area contributed by atoms with Gasteiger partial charge in [-0.1, -0.05) is 78.9 Å². The Morgan fingerprint density at radius 1 is 0.613 bits per heavy atom. The third kappa shape index (κ3) is 4.90. The first-order chi connectivity index (χ1) is 15.3. The van der Waals surface area contributed by atoms with Crippen molar-refractivity contribution in [1.82, 2.24) is 0 Å². The SMILES string of the molecule is COc1ccc(N[C@@H](c2ccccc2OC)P(c2ccccc2)c2ccccc2)cc1. The Morgan fingerprint density at radius 2 is 1.16 bits per heavy atom. The minimum Gasteiger partial charge on any atom is -0.497 e. The molecule has 0 spiro atoms. The van der Waals surface area contributed by atoms with Crippen LogP contribution in [0.15, 0.2) is 109 Å². The molecule has 4 aromatic carbocycles. The van der Waals surface area contributed by atoms with Crippen LogP contribution in [0.4, 0.5) is 5.69 Å². The van der Waals surface area contributed by atoms with Crippen LogP contribution in [0.2, 0.25) is 0 Å². The monoisotopic (exact) mass is 427 g/mol. The molecule has 3 nitrogen and oxygen atoms in total. The second kappa shape index (κ2) is 10.1. The summed E-state index contributed by atoms with van der Waals surface area (Å²) in [4.78, 5) is 0. The maximum absolute atomic E-state index is 5.77. The largest absolute Gasteiger partial charge is 0.497 e. The van der Waals surface area contributed by atoms with E-state index in [9.17, 15) is 0 Å². The van der Waals surface area contributed by atoms with E-state index in [1.807, 2.05) is 24.3 Å². The highest BCUT2D eigenvalue weighted by Crippen LogP contribution is 2.51. The normalized spacial score (nSPS) is 11.7. The molecule has 1 N–H and O–H groups in total. The van der Waals surface area contributed by atoms with Crippen LogP contribution in [-0.4, -0.2) is 14.2 Å². The Morgan fingerprint density at radius 3 is 1.71 bits per heavy atom. The second-order valence-electron chi connectivity index (χ2n) is 7.06. The molecular weight excluding hydrogens is 401 g/mol. The van der Waals surface area contributed by atoms with Crippen LogP contribution in [-0.2, 0) is 0 Å². The van der Waals surface area contributed by atoms with Crippen molar-refractivity contribution >= 4 is 24.2 Å². The van der Waals surface area contributed by atoms with E-state index < -0.39 is 7.92 Å². The standard InChI is InChI=1S/C27H26NO2P/c1-29-22-19-17-21(18-20-22)28-27(25-15-9-10-16-26(25)30-2)31(23-11-5-3-6-12-23)24-13-7-4-8-14-24/h3-20,27-28H,1-2H3/t27-/m1/s1. The van der Waals surface area contributed by atoms with Gasteiger partial charge in [0, 0.05) is 11.3 Å². The minimum atomic E-state index is -0.770. The van der Waals surface area contributed by atoms with E-state index in [4.69, 9.17) is 9.47 Å². The number of methoxy groups -OCH3 is 2. The second-order valence-corrected chi connectivity index (χ2v) is 9.35. The molecule has 0 aromatic heterocycles. The van der Waals surface area contributed by atoms with Gasteiger partial charge in [-0.25, -0.2) is 0 Å². The van der Waals surface area contributed by atoms with Crippen LogP contribution in [0, 0.1) is 0 Å². The molecule has 0 amide bonds. The van der Waals surface area contributed by atoms with Crippen LogP contribution in [0.5, 0.6) is 11.5 Å². The number of hydrogen-bond donors (Lipinski definition) is 1. The van der Waals surface area contributed by atoms with Crippen molar-refractivity contribution in [3.8, 4) is 11.5 Å². The fourth-order valence-corrected chi connectivity index (χ4v) is 6.29. The molecule has 0 aliphatic heterocycles. The molecule has 4 rings (SSSR count). The summed E-state index contributed by atoms with van der Waals surface area (Å²) in [6, 6.07) is 37.8. The molecule has 0 saturated heterocycles.